The van der Waals surface area contributed by atoms with Gasteiger partial charge in [0.25, 0.3) is 0 Å². The molecule has 0 amide bonds. The highest BCUT2D eigenvalue weighted by molar-refractivity contribution is 6.74. The number of aryl methyl sites for hydroxylation is 6. The third-order valence-corrected chi connectivity index (χ3v) is 30.8. The number of aromatic nitrogens is 1. The predicted octanol–water partition coefficient (Wildman–Crippen LogP) is 21.0. The zero-order chi connectivity index (χ0) is 67.3. The highest BCUT2D eigenvalue weighted by atomic mass is 28.4. The maximum atomic E-state index is 11.9. The summed E-state index contributed by atoms with van der Waals surface area (Å²) in [4.78, 5) is 16.6. The van der Waals surface area contributed by atoms with Crippen LogP contribution in [0.2, 0.25) is 36.3 Å². The van der Waals surface area contributed by atoms with Gasteiger partial charge in [-0.2, -0.15) is 0 Å². The van der Waals surface area contributed by atoms with E-state index in [1.165, 1.54) is 55.6 Å². The van der Waals surface area contributed by atoms with Crippen LogP contribution >= 0.6 is 0 Å². The molecule has 0 radical (unpaired) electrons. The lowest BCUT2D eigenvalue weighted by Gasteiger charge is -2.43. The molecule has 0 bridgehead atoms. The van der Waals surface area contributed by atoms with Crippen LogP contribution in [-0.2, 0) is 57.8 Å². The summed E-state index contributed by atoms with van der Waals surface area (Å²) in [5.74, 6) is -0.221. The summed E-state index contributed by atoms with van der Waals surface area (Å²) in [5, 5.41) is 0.402. The minimum atomic E-state index is -1.87. The van der Waals surface area contributed by atoms with Crippen molar-refractivity contribution in [1.82, 2.24) is 4.98 Å². The minimum Gasteiger partial charge on any atom is -0.466 e. The molecule has 0 aliphatic carbocycles. The van der Waals surface area contributed by atoms with E-state index in [4.69, 9.17) is 27.9 Å². The van der Waals surface area contributed by atoms with E-state index in [1.807, 2.05) is 19.1 Å². The van der Waals surface area contributed by atoms with Crippen molar-refractivity contribution >= 4 is 35.2 Å². The van der Waals surface area contributed by atoms with Crippen molar-refractivity contribution in [3.63, 3.8) is 0 Å². The average molecular weight is 1250 g/mol. The molecule has 0 spiro atoms. The van der Waals surface area contributed by atoms with E-state index in [2.05, 4.69) is 265 Å². The molecule has 0 N–H and O–H groups in total. The van der Waals surface area contributed by atoms with Gasteiger partial charge in [-0.15, -0.1) is 0 Å². The molecule has 2 unspecified atom stereocenters. The lowest BCUT2D eigenvalue weighted by molar-refractivity contribution is -0.142. The van der Waals surface area contributed by atoms with Crippen LogP contribution in [0.1, 0.15) is 245 Å². The van der Waals surface area contributed by atoms with Gasteiger partial charge in [-0.25, -0.2) is 0 Å². The summed E-state index contributed by atoms with van der Waals surface area (Å²) in [6.45, 7) is 66.4. The summed E-state index contributed by atoms with van der Waals surface area (Å²) >= 11 is 0. The molecule has 7 nitrogen and oxygen atoms in total. The quantitative estimate of drug-likeness (QED) is 0.0476. The van der Waals surface area contributed by atoms with E-state index in [0.717, 1.165) is 73.7 Å². The van der Waals surface area contributed by atoms with E-state index in [9.17, 15) is 4.79 Å². The highest BCUT2D eigenvalue weighted by Crippen LogP contribution is 2.46. The third-order valence-electron chi connectivity index (χ3n) is 21.8. The fourth-order valence-electron chi connectivity index (χ4n) is 12.5. The summed E-state index contributed by atoms with van der Waals surface area (Å²) in [7, 11) is -4.07. The average Bonchev–Trinajstić information content (AvgIpc) is 1.80. The number of benzene rings is 4. The van der Waals surface area contributed by atoms with Crippen LogP contribution in [0.4, 0.5) is 0 Å². The Labute approximate surface area is 547 Å². The number of carbonyl (C=O) groups excluding carboxylic acids is 1. The van der Waals surface area contributed by atoms with Crippen molar-refractivity contribution in [1.29, 1.82) is 0 Å². The van der Waals surface area contributed by atoms with Crippen LogP contribution in [0.15, 0.2) is 91.1 Å². The monoisotopic (exact) mass is 1250 g/mol. The van der Waals surface area contributed by atoms with Gasteiger partial charge < -0.3 is 22.9 Å². The number of hydrogen-bond acceptors (Lipinski definition) is 7. The molecule has 1 aliphatic heterocycles. The normalized spacial score (nSPS) is 15.8. The molecule has 10 heteroatoms. The van der Waals surface area contributed by atoms with Gasteiger partial charge in [-0.3, -0.25) is 9.78 Å². The molecule has 1 aliphatic rings. The Hall–Kier alpha value is -4.16. The largest absolute Gasteiger partial charge is 0.495 e. The van der Waals surface area contributed by atoms with Crippen molar-refractivity contribution in [2.24, 2.45) is 10.8 Å². The van der Waals surface area contributed by atoms with Crippen LogP contribution < -0.4 is 5.46 Å². The summed E-state index contributed by atoms with van der Waals surface area (Å²) in [6.07, 6.45) is 10.8. The maximum absolute atomic E-state index is 11.9. The number of hydrogen-bond donors (Lipinski definition) is 0. The van der Waals surface area contributed by atoms with Gasteiger partial charge >= 0.3 is 13.1 Å². The molecule has 1 aromatic heterocycles. The van der Waals surface area contributed by atoms with Crippen molar-refractivity contribution in [2.75, 3.05) is 6.61 Å². The zero-order valence-corrected chi connectivity index (χ0v) is 63.9. The van der Waals surface area contributed by atoms with E-state index in [1.54, 1.807) is 6.20 Å². The standard InChI is InChI=1S/C41H61NO3Si.C38H63BO3Si/c1-14-41(15-2,34-21-22-35(30(5)26-34)36-23-17-31(28-42-36)27-38(43)44-16-3)33-20-18-32(29(4)25-33)19-24-37(39(6,7)8)45-46(12,13)40(9,10)11;1-17-38(18-2,31-22-23-32(28(4)26-31)39-41-36(11,12)37(13,14)42-39)30-21-19-29(27(3)25-30)20-24-33(34(5,6)7)40-43(15,16)35(8,9)10/h17-18,20-23,25-26,28,37H,14-16,19,24,27H2,1-13H3;19,21-23,25-26,33H,17-18,20,24H2,1-16H3. The molecule has 2 atom stereocenters. The first-order chi connectivity index (χ1) is 40.9. The third kappa shape index (κ3) is 17.8. The summed E-state index contributed by atoms with van der Waals surface area (Å²) < 4.78 is 31.9. The highest BCUT2D eigenvalue weighted by Gasteiger charge is 2.52. The Morgan fingerprint density at radius 1 is 0.528 bits per heavy atom. The SMILES string of the molecule is CCC(CC)(c1ccc(CCC(O[Si](C)(C)C(C)(C)C)C(C)(C)C)c(C)c1)c1ccc(B2OC(C)(C)C(C)(C)O2)c(C)c1.CCOC(=O)Cc1ccc(-c2ccc(C(CC)(CC)c3ccc(CCC(O[Si](C)(C)C(C)(C)C)C(C)(C)C)c(C)c3)cc2C)nc1. The van der Waals surface area contributed by atoms with Gasteiger partial charge in [0.05, 0.1) is 42.1 Å². The van der Waals surface area contributed by atoms with Crippen molar-refractivity contribution < 1.29 is 27.7 Å². The number of carbonyl (C=O) groups is 1. The van der Waals surface area contributed by atoms with Crippen molar-refractivity contribution in [3.8, 4) is 11.3 Å². The first-order valence-electron chi connectivity index (χ1n) is 34.1. The van der Waals surface area contributed by atoms with Gasteiger partial charge in [0, 0.05) is 22.6 Å². The zero-order valence-electron chi connectivity index (χ0n) is 61.9. The van der Waals surface area contributed by atoms with E-state index in [-0.39, 0.29) is 74.7 Å². The number of nitrogens with zero attached hydrogens (tertiary/aromatic N) is 1. The molecule has 1 fully saturated rings. The Morgan fingerprint density at radius 3 is 1.24 bits per heavy atom. The Morgan fingerprint density at radius 2 is 0.910 bits per heavy atom. The fraction of sp³-hybridized carbons (Fsp3) is 0.620. The van der Waals surface area contributed by atoms with Gasteiger partial charge in [-0.05, 0) is 228 Å². The number of pyridine rings is 1. The minimum absolute atomic E-state index is 0.0398. The molecule has 2 heterocycles. The fourth-order valence-corrected chi connectivity index (χ4v) is 15.6. The topological polar surface area (TPSA) is 76.1 Å². The van der Waals surface area contributed by atoms with E-state index in [0.29, 0.717) is 6.61 Å². The predicted molar refractivity (Wildman–Crippen MR) is 386 cm³/mol. The van der Waals surface area contributed by atoms with Gasteiger partial charge in [0.2, 0.25) is 0 Å². The Balaban J connectivity index is 0.000000325. The molecule has 0 saturated carbocycles. The Bertz CT molecular complexity index is 3120. The first-order valence-corrected chi connectivity index (χ1v) is 40.0. The van der Waals surface area contributed by atoms with Crippen LogP contribution in [0.5, 0.6) is 0 Å². The van der Waals surface area contributed by atoms with Gasteiger partial charge in [0.15, 0.2) is 16.6 Å². The molecular formula is C79H124BNO6Si2. The molecule has 89 heavy (non-hydrogen) atoms. The maximum Gasteiger partial charge on any atom is 0.495 e. The summed E-state index contributed by atoms with van der Waals surface area (Å²) in [6, 6.07) is 32.2. The molecule has 492 valence electrons. The van der Waals surface area contributed by atoms with Gasteiger partial charge in [-0.1, -0.05) is 195 Å². The van der Waals surface area contributed by atoms with Crippen molar-refractivity contribution in [3.05, 3.63) is 152 Å². The number of ether oxygens (including phenoxy) is 1. The van der Waals surface area contributed by atoms with Gasteiger partial charge in [0.1, 0.15) is 0 Å². The lowest BCUT2D eigenvalue weighted by atomic mass is 9.67. The smallest absolute Gasteiger partial charge is 0.466 e. The number of rotatable bonds is 23. The Kier molecular flexibility index (Phi) is 24.6. The summed E-state index contributed by atoms with van der Waals surface area (Å²) in [5.41, 5.74) is 17.0. The molecule has 1 saturated heterocycles. The van der Waals surface area contributed by atoms with E-state index < -0.39 is 16.6 Å². The van der Waals surface area contributed by atoms with Crippen LogP contribution in [0, 0.1) is 38.5 Å². The number of esters is 1. The second-order valence-corrected chi connectivity index (χ2v) is 42.1. The van der Waals surface area contributed by atoms with Crippen LogP contribution in [-0.4, -0.2) is 64.7 Å². The van der Waals surface area contributed by atoms with Crippen LogP contribution in [0.3, 0.4) is 0 Å². The molecular weight excluding hydrogens is 1130 g/mol. The molecule has 5 aromatic rings. The van der Waals surface area contributed by atoms with Crippen LogP contribution in [0.25, 0.3) is 11.3 Å². The lowest BCUT2D eigenvalue weighted by Crippen LogP contribution is -2.47. The molecule has 6 rings (SSSR count). The molecule has 4 aromatic carbocycles. The van der Waals surface area contributed by atoms with E-state index >= 15 is 0 Å². The second kappa shape index (κ2) is 29.0. The van der Waals surface area contributed by atoms with Crippen molar-refractivity contribution in [2.45, 2.75) is 301 Å². The first kappa shape index (κ1) is 75.6. The second-order valence-electron chi connectivity index (χ2n) is 32.6.